The normalized spacial score (nSPS) is 11.8. The fourth-order valence-corrected chi connectivity index (χ4v) is 3.45. The summed E-state index contributed by atoms with van der Waals surface area (Å²) in [5, 5.41) is 11.9. The highest BCUT2D eigenvalue weighted by atomic mass is 35.5. The zero-order chi connectivity index (χ0) is 20.8. The van der Waals surface area contributed by atoms with Crippen molar-refractivity contribution in [2.24, 2.45) is 5.92 Å². The number of hydrogen-bond donors (Lipinski definition) is 0. The highest BCUT2D eigenvalue weighted by molar-refractivity contribution is 6.30. The average Bonchev–Trinajstić information content (AvgIpc) is 2.74. The summed E-state index contributed by atoms with van der Waals surface area (Å²) < 4.78 is 0. The molecule has 0 heterocycles. The number of rotatable bonds is 8. The Balaban J connectivity index is 2.12. The molecule has 3 rings (SSSR count). The van der Waals surface area contributed by atoms with E-state index in [1.165, 1.54) is 0 Å². The lowest BCUT2D eigenvalue weighted by molar-refractivity contribution is -0.484. The van der Waals surface area contributed by atoms with E-state index in [2.05, 4.69) is 0 Å². The van der Waals surface area contributed by atoms with Crippen molar-refractivity contribution >= 4 is 23.2 Å². The molecule has 0 aliphatic carbocycles. The Labute approximate surface area is 173 Å². The molecule has 0 saturated heterocycles. The highest BCUT2D eigenvalue weighted by Gasteiger charge is 2.39. The van der Waals surface area contributed by atoms with Crippen LogP contribution in [-0.4, -0.2) is 23.0 Å². The molecule has 6 heteroatoms. The summed E-state index contributed by atoms with van der Waals surface area (Å²) in [4.78, 5) is 37.6. The molecule has 29 heavy (non-hydrogen) atoms. The third-order valence-electron chi connectivity index (χ3n) is 4.73. The van der Waals surface area contributed by atoms with E-state index < -0.39 is 34.9 Å². The number of ketones is 2. The second-order valence-corrected chi connectivity index (χ2v) is 7.05. The zero-order valence-corrected chi connectivity index (χ0v) is 16.2. The van der Waals surface area contributed by atoms with Gasteiger partial charge < -0.3 is 0 Å². The number of carbonyl (C=O) groups is 2. The minimum atomic E-state index is -1.23. The van der Waals surface area contributed by atoms with Crippen molar-refractivity contribution in [2.45, 2.75) is 5.92 Å². The first kappa shape index (κ1) is 20.4. The Hall–Kier alpha value is -3.31. The van der Waals surface area contributed by atoms with Crippen LogP contribution in [0.15, 0.2) is 84.9 Å². The third-order valence-corrected chi connectivity index (χ3v) is 4.98. The van der Waals surface area contributed by atoms with Gasteiger partial charge in [-0.05, 0) is 17.7 Å². The Morgan fingerprint density at radius 2 is 1.24 bits per heavy atom. The minimum Gasteiger partial charge on any atom is -0.293 e. The van der Waals surface area contributed by atoms with Crippen molar-refractivity contribution in [3.8, 4) is 0 Å². The van der Waals surface area contributed by atoms with Crippen LogP contribution in [0.5, 0.6) is 0 Å². The number of halogens is 1. The Bertz CT molecular complexity index is 953. The van der Waals surface area contributed by atoms with Crippen molar-refractivity contribution < 1.29 is 14.5 Å². The van der Waals surface area contributed by atoms with Gasteiger partial charge in [0, 0.05) is 21.1 Å². The van der Waals surface area contributed by atoms with Gasteiger partial charge in [0.25, 0.3) is 0 Å². The van der Waals surface area contributed by atoms with Crippen molar-refractivity contribution in [1.82, 2.24) is 0 Å². The predicted molar refractivity (Wildman–Crippen MR) is 111 cm³/mol. The van der Waals surface area contributed by atoms with Gasteiger partial charge in [-0.3, -0.25) is 19.7 Å². The van der Waals surface area contributed by atoms with Crippen LogP contribution in [0.4, 0.5) is 0 Å². The van der Waals surface area contributed by atoms with E-state index >= 15 is 0 Å². The quantitative estimate of drug-likeness (QED) is 0.226. The number of Topliss-reactive ketones (excluding diaryl/α,β-unsaturated/α-hetero) is 2. The largest absolute Gasteiger partial charge is 0.293 e. The molecular formula is C23H18ClNO4. The second-order valence-electron chi connectivity index (χ2n) is 6.61. The van der Waals surface area contributed by atoms with Crippen molar-refractivity contribution in [2.75, 3.05) is 6.54 Å². The molecule has 0 aliphatic heterocycles. The molecule has 0 spiro atoms. The maximum absolute atomic E-state index is 13.4. The van der Waals surface area contributed by atoms with E-state index in [4.69, 9.17) is 11.6 Å². The molecule has 0 amide bonds. The number of carbonyl (C=O) groups excluding carboxylic acids is 2. The number of nitrogens with zero attached hydrogens (tertiary/aromatic N) is 1. The summed E-state index contributed by atoms with van der Waals surface area (Å²) in [7, 11) is 0. The minimum absolute atomic E-state index is 0.337. The lowest BCUT2D eigenvalue weighted by atomic mass is 9.77. The van der Waals surface area contributed by atoms with Crippen LogP contribution in [-0.2, 0) is 0 Å². The molecule has 0 unspecified atom stereocenters. The molecule has 0 saturated carbocycles. The molecule has 3 aromatic carbocycles. The Morgan fingerprint density at radius 1 is 0.793 bits per heavy atom. The summed E-state index contributed by atoms with van der Waals surface area (Å²) >= 11 is 5.95. The van der Waals surface area contributed by atoms with Gasteiger partial charge in [-0.25, -0.2) is 0 Å². The van der Waals surface area contributed by atoms with E-state index in [1.807, 2.05) is 0 Å². The van der Waals surface area contributed by atoms with Gasteiger partial charge in [-0.15, -0.1) is 0 Å². The monoisotopic (exact) mass is 407 g/mol. The standard InChI is InChI=1S/C23H18ClNO4/c24-19-13-11-16(12-14-19)20(15-25(28)29)21(22(26)17-7-3-1-4-8-17)23(27)18-9-5-2-6-10-18/h1-14,20-21H,15H2/t20-/m0/s1. The van der Waals surface area contributed by atoms with Crippen molar-refractivity contribution in [1.29, 1.82) is 0 Å². The molecule has 3 aromatic rings. The lowest BCUT2D eigenvalue weighted by Crippen LogP contribution is -2.34. The lowest BCUT2D eigenvalue weighted by Gasteiger charge is -2.23. The molecule has 0 radical (unpaired) electrons. The maximum atomic E-state index is 13.4. The van der Waals surface area contributed by atoms with Gasteiger partial charge in [-0.2, -0.15) is 0 Å². The van der Waals surface area contributed by atoms with Gasteiger partial charge in [0.2, 0.25) is 6.54 Å². The summed E-state index contributed by atoms with van der Waals surface area (Å²) in [6.07, 6.45) is 0. The van der Waals surface area contributed by atoms with E-state index in [0.29, 0.717) is 21.7 Å². The molecule has 5 nitrogen and oxygen atoms in total. The molecule has 0 fully saturated rings. The van der Waals surface area contributed by atoms with Crippen LogP contribution in [0.1, 0.15) is 32.2 Å². The predicted octanol–water partition coefficient (Wildman–Crippen LogP) is 5.08. The van der Waals surface area contributed by atoms with E-state index in [9.17, 15) is 19.7 Å². The maximum Gasteiger partial charge on any atom is 0.211 e. The van der Waals surface area contributed by atoms with Crippen molar-refractivity contribution in [3.63, 3.8) is 0 Å². The average molecular weight is 408 g/mol. The van der Waals surface area contributed by atoms with Gasteiger partial charge in [0.15, 0.2) is 11.6 Å². The first-order chi connectivity index (χ1) is 14.0. The van der Waals surface area contributed by atoms with Gasteiger partial charge in [-0.1, -0.05) is 84.4 Å². The SMILES string of the molecule is O=C(c1ccccc1)C(C(=O)c1ccccc1)[C@@H](C[N+](=O)[O-])c1ccc(Cl)cc1. The Kier molecular flexibility index (Phi) is 6.52. The van der Waals surface area contributed by atoms with E-state index in [1.54, 1.807) is 84.9 Å². The van der Waals surface area contributed by atoms with Crippen LogP contribution in [0, 0.1) is 16.0 Å². The highest BCUT2D eigenvalue weighted by Crippen LogP contribution is 2.32. The summed E-state index contributed by atoms with van der Waals surface area (Å²) in [6.45, 7) is -0.552. The summed E-state index contributed by atoms with van der Waals surface area (Å²) in [5.41, 5.74) is 1.19. The van der Waals surface area contributed by atoms with E-state index in [-0.39, 0.29) is 0 Å². The number of benzene rings is 3. The number of hydrogen-bond acceptors (Lipinski definition) is 4. The smallest absolute Gasteiger partial charge is 0.211 e. The van der Waals surface area contributed by atoms with Gasteiger partial charge >= 0.3 is 0 Å². The fourth-order valence-electron chi connectivity index (χ4n) is 3.32. The topological polar surface area (TPSA) is 77.3 Å². The van der Waals surface area contributed by atoms with Crippen molar-refractivity contribution in [3.05, 3.63) is 117 Å². The zero-order valence-electron chi connectivity index (χ0n) is 15.4. The van der Waals surface area contributed by atoms with Crippen LogP contribution < -0.4 is 0 Å². The van der Waals surface area contributed by atoms with Crippen LogP contribution in [0.3, 0.4) is 0 Å². The molecule has 0 aliphatic rings. The molecule has 146 valence electrons. The molecule has 1 atom stereocenters. The summed E-state index contributed by atoms with van der Waals surface area (Å²) in [6, 6.07) is 23.2. The van der Waals surface area contributed by atoms with Crippen LogP contribution in [0.25, 0.3) is 0 Å². The molecule has 0 aromatic heterocycles. The Morgan fingerprint density at radius 3 is 1.66 bits per heavy atom. The van der Waals surface area contributed by atoms with Crippen LogP contribution in [0.2, 0.25) is 5.02 Å². The van der Waals surface area contributed by atoms with E-state index in [0.717, 1.165) is 0 Å². The van der Waals surface area contributed by atoms with Gasteiger partial charge in [0.05, 0.1) is 11.8 Å². The molecular weight excluding hydrogens is 390 g/mol. The third kappa shape index (κ3) is 4.95. The number of nitro groups is 1. The molecule has 0 bridgehead atoms. The summed E-state index contributed by atoms with van der Waals surface area (Å²) in [5.74, 6) is -3.04. The van der Waals surface area contributed by atoms with Crippen LogP contribution >= 0.6 is 11.6 Å². The first-order valence-corrected chi connectivity index (χ1v) is 9.41. The van der Waals surface area contributed by atoms with Gasteiger partial charge in [0.1, 0.15) is 0 Å². The second kappa shape index (κ2) is 9.26. The fraction of sp³-hybridized carbons (Fsp3) is 0.130. The molecule has 0 N–H and O–H groups in total. The first-order valence-electron chi connectivity index (χ1n) is 9.03.